The van der Waals surface area contributed by atoms with Crippen molar-refractivity contribution in [3.63, 3.8) is 0 Å². The lowest BCUT2D eigenvalue weighted by molar-refractivity contribution is 0.0701. The molecule has 4 heteroatoms. The highest BCUT2D eigenvalue weighted by Crippen LogP contribution is 2.23. The lowest BCUT2D eigenvalue weighted by Crippen LogP contribution is -2.38. The predicted octanol–water partition coefficient (Wildman–Crippen LogP) is 4.15. The zero-order valence-electron chi connectivity index (χ0n) is 11.9. The van der Waals surface area contributed by atoms with E-state index in [1.807, 2.05) is 0 Å². The molecule has 0 unspecified atom stereocenters. The van der Waals surface area contributed by atoms with Crippen LogP contribution in [0.2, 0.25) is 0 Å². The van der Waals surface area contributed by atoms with Gasteiger partial charge in [-0.15, -0.1) is 0 Å². The standard InChI is InChI=1S/C16H21F2NO/c1-19(12-8-5-3-2-4-6-9-12)16(20)13-10-7-11-14(17)15(13)18/h7,10-12H,2-6,8-9H2,1H3. The van der Waals surface area contributed by atoms with Crippen LogP contribution in [0.3, 0.4) is 0 Å². The van der Waals surface area contributed by atoms with Crippen molar-refractivity contribution in [2.75, 3.05) is 7.05 Å². The van der Waals surface area contributed by atoms with Crippen molar-refractivity contribution in [3.8, 4) is 0 Å². The lowest BCUT2D eigenvalue weighted by Gasteiger charge is -2.30. The summed E-state index contributed by atoms with van der Waals surface area (Å²) in [5.41, 5.74) is -0.172. The molecule has 0 saturated heterocycles. The van der Waals surface area contributed by atoms with Crippen molar-refractivity contribution in [1.82, 2.24) is 4.90 Å². The topological polar surface area (TPSA) is 20.3 Å². The first-order chi connectivity index (χ1) is 9.61. The van der Waals surface area contributed by atoms with E-state index in [2.05, 4.69) is 0 Å². The molecule has 0 bridgehead atoms. The molecule has 20 heavy (non-hydrogen) atoms. The molecule has 0 aliphatic heterocycles. The second-order valence-electron chi connectivity index (χ2n) is 5.52. The van der Waals surface area contributed by atoms with Gasteiger partial charge in [-0.05, 0) is 25.0 Å². The van der Waals surface area contributed by atoms with Crippen LogP contribution < -0.4 is 0 Å². The molecule has 1 aliphatic carbocycles. The van der Waals surface area contributed by atoms with E-state index in [4.69, 9.17) is 0 Å². The summed E-state index contributed by atoms with van der Waals surface area (Å²) in [4.78, 5) is 13.9. The van der Waals surface area contributed by atoms with E-state index in [9.17, 15) is 13.6 Å². The van der Waals surface area contributed by atoms with Crippen molar-refractivity contribution in [3.05, 3.63) is 35.4 Å². The Bertz CT molecular complexity index is 468. The molecule has 0 spiro atoms. The number of benzene rings is 1. The number of hydrogen-bond acceptors (Lipinski definition) is 1. The highest BCUT2D eigenvalue weighted by molar-refractivity contribution is 5.94. The first kappa shape index (κ1) is 14.9. The Kier molecular flexibility index (Phi) is 5.10. The van der Waals surface area contributed by atoms with Gasteiger partial charge in [-0.2, -0.15) is 0 Å². The van der Waals surface area contributed by atoms with Crippen LogP contribution in [0, 0.1) is 11.6 Å². The van der Waals surface area contributed by atoms with E-state index in [1.54, 1.807) is 11.9 Å². The Hall–Kier alpha value is -1.45. The molecule has 1 aromatic rings. The van der Waals surface area contributed by atoms with Crippen LogP contribution in [0.15, 0.2) is 18.2 Å². The minimum Gasteiger partial charge on any atom is -0.339 e. The largest absolute Gasteiger partial charge is 0.339 e. The summed E-state index contributed by atoms with van der Waals surface area (Å²) in [6.07, 6.45) is 7.70. The van der Waals surface area contributed by atoms with E-state index in [0.717, 1.165) is 31.7 Å². The third-order valence-electron chi connectivity index (χ3n) is 4.12. The lowest BCUT2D eigenvalue weighted by atomic mass is 9.95. The molecular formula is C16H21F2NO. The third kappa shape index (κ3) is 3.35. The molecule has 0 heterocycles. The van der Waals surface area contributed by atoms with Gasteiger partial charge in [0.25, 0.3) is 5.91 Å². The van der Waals surface area contributed by atoms with Crippen LogP contribution in [0.1, 0.15) is 55.3 Å². The van der Waals surface area contributed by atoms with Gasteiger partial charge in [0.2, 0.25) is 0 Å². The number of nitrogens with zero attached hydrogens (tertiary/aromatic N) is 1. The fraction of sp³-hybridized carbons (Fsp3) is 0.562. The van der Waals surface area contributed by atoms with E-state index in [-0.39, 0.29) is 11.6 Å². The van der Waals surface area contributed by atoms with Crippen molar-refractivity contribution in [1.29, 1.82) is 0 Å². The quantitative estimate of drug-likeness (QED) is 0.797. The van der Waals surface area contributed by atoms with Crippen molar-refractivity contribution in [2.45, 2.75) is 51.0 Å². The normalized spacial score (nSPS) is 17.4. The maximum absolute atomic E-state index is 13.7. The Morgan fingerprint density at radius 1 is 1.10 bits per heavy atom. The summed E-state index contributed by atoms with van der Waals surface area (Å²) in [7, 11) is 1.69. The number of amides is 1. The van der Waals surface area contributed by atoms with Crippen LogP contribution in [0.25, 0.3) is 0 Å². The van der Waals surface area contributed by atoms with E-state index >= 15 is 0 Å². The SMILES string of the molecule is CN(C(=O)c1cccc(F)c1F)C1CCCCCCC1. The van der Waals surface area contributed by atoms with Gasteiger partial charge in [0, 0.05) is 13.1 Å². The summed E-state index contributed by atoms with van der Waals surface area (Å²) in [6, 6.07) is 3.88. The molecule has 1 aliphatic rings. The van der Waals surface area contributed by atoms with Crippen molar-refractivity contribution >= 4 is 5.91 Å². The number of rotatable bonds is 2. The van der Waals surface area contributed by atoms with Crippen LogP contribution in [0.5, 0.6) is 0 Å². The molecule has 2 nitrogen and oxygen atoms in total. The van der Waals surface area contributed by atoms with Crippen molar-refractivity contribution in [2.24, 2.45) is 0 Å². The summed E-state index contributed by atoms with van der Waals surface area (Å²) in [6.45, 7) is 0. The highest BCUT2D eigenvalue weighted by atomic mass is 19.2. The van der Waals surface area contributed by atoms with Gasteiger partial charge >= 0.3 is 0 Å². The van der Waals surface area contributed by atoms with Gasteiger partial charge in [-0.25, -0.2) is 8.78 Å². The molecular weight excluding hydrogens is 260 g/mol. The monoisotopic (exact) mass is 281 g/mol. The zero-order valence-corrected chi connectivity index (χ0v) is 11.9. The molecule has 1 aromatic carbocycles. The summed E-state index contributed by atoms with van der Waals surface area (Å²) in [5.74, 6) is -2.44. The average Bonchev–Trinajstić information content (AvgIpc) is 2.40. The van der Waals surface area contributed by atoms with Crippen molar-refractivity contribution < 1.29 is 13.6 Å². The second kappa shape index (κ2) is 6.82. The van der Waals surface area contributed by atoms with Crippen LogP contribution in [-0.2, 0) is 0 Å². The second-order valence-corrected chi connectivity index (χ2v) is 5.52. The van der Waals surface area contributed by atoms with Gasteiger partial charge in [0.05, 0.1) is 5.56 Å². The number of halogens is 2. The Morgan fingerprint density at radius 3 is 2.35 bits per heavy atom. The van der Waals surface area contributed by atoms with E-state index < -0.39 is 17.5 Å². The van der Waals surface area contributed by atoms with E-state index in [1.165, 1.54) is 31.4 Å². The summed E-state index contributed by atoms with van der Waals surface area (Å²) in [5, 5.41) is 0. The molecule has 110 valence electrons. The fourth-order valence-corrected chi connectivity index (χ4v) is 2.85. The van der Waals surface area contributed by atoms with Gasteiger partial charge < -0.3 is 4.90 Å². The number of hydrogen-bond donors (Lipinski definition) is 0. The molecule has 0 radical (unpaired) electrons. The maximum atomic E-state index is 13.7. The van der Waals surface area contributed by atoms with Crippen LogP contribution >= 0.6 is 0 Å². The molecule has 0 atom stereocenters. The van der Waals surface area contributed by atoms with Crippen LogP contribution in [0.4, 0.5) is 8.78 Å². The molecule has 0 N–H and O–H groups in total. The smallest absolute Gasteiger partial charge is 0.256 e. The first-order valence-corrected chi connectivity index (χ1v) is 7.32. The van der Waals surface area contributed by atoms with E-state index in [0.29, 0.717) is 0 Å². The summed E-state index contributed by atoms with van der Waals surface area (Å²) >= 11 is 0. The first-order valence-electron chi connectivity index (χ1n) is 7.32. The fourth-order valence-electron chi connectivity index (χ4n) is 2.85. The predicted molar refractivity (Wildman–Crippen MR) is 74.6 cm³/mol. The molecule has 0 aromatic heterocycles. The minimum atomic E-state index is -1.05. The molecule has 1 amide bonds. The van der Waals surface area contributed by atoms with Gasteiger partial charge in [-0.3, -0.25) is 4.79 Å². The Morgan fingerprint density at radius 2 is 1.70 bits per heavy atom. The van der Waals surface area contributed by atoms with Gasteiger partial charge in [0.15, 0.2) is 11.6 Å². The molecule has 2 rings (SSSR count). The summed E-state index contributed by atoms with van der Waals surface area (Å²) < 4.78 is 26.9. The van der Waals surface area contributed by atoms with Gasteiger partial charge in [-0.1, -0.05) is 38.2 Å². The highest BCUT2D eigenvalue weighted by Gasteiger charge is 2.24. The molecule has 1 fully saturated rings. The maximum Gasteiger partial charge on any atom is 0.256 e. The molecule has 1 saturated carbocycles. The average molecular weight is 281 g/mol. The van der Waals surface area contributed by atoms with Gasteiger partial charge in [0.1, 0.15) is 0 Å². The third-order valence-corrected chi connectivity index (χ3v) is 4.12. The number of carbonyl (C=O) groups is 1. The Balaban J connectivity index is 2.12. The minimum absolute atomic E-state index is 0.130. The number of carbonyl (C=O) groups excluding carboxylic acids is 1. The Labute approximate surface area is 118 Å². The zero-order chi connectivity index (χ0) is 14.5. The van der Waals surface area contributed by atoms with Crippen LogP contribution in [-0.4, -0.2) is 23.9 Å².